The minimum Gasteiger partial charge on any atom is -0.394 e. The second kappa shape index (κ2) is 5.54. The largest absolute Gasteiger partial charge is 0.394 e. The molecule has 4 nitrogen and oxygen atoms in total. The van der Waals surface area contributed by atoms with Gasteiger partial charge in [-0.1, -0.05) is 6.07 Å². The summed E-state index contributed by atoms with van der Waals surface area (Å²) in [6, 6.07) is 6.16. The molecule has 0 saturated carbocycles. The van der Waals surface area contributed by atoms with Crippen LogP contribution in [0.4, 0.5) is 17.2 Å². The monoisotopic (exact) mass is 386 g/mol. The van der Waals surface area contributed by atoms with E-state index in [1.54, 1.807) is 0 Å². The van der Waals surface area contributed by atoms with E-state index in [1.165, 1.54) is 0 Å². The molecule has 0 saturated heterocycles. The maximum atomic E-state index is 6.11. The summed E-state index contributed by atoms with van der Waals surface area (Å²) in [4.78, 5) is 0. The van der Waals surface area contributed by atoms with E-state index >= 15 is 0 Å². The number of rotatable bonds is 3. The predicted octanol–water partition coefficient (Wildman–Crippen LogP) is 4.62. The number of nitrogen functional groups attached to an aromatic ring is 1. The Morgan fingerprint density at radius 3 is 2.37 bits per heavy atom. The molecule has 0 radical (unpaired) electrons. The SMILES string of the molecule is Cc1nn(C(C)C)c(Nc2c(Br)cccc2Br)c1N. The van der Waals surface area contributed by atoms with Crippen LogP contribution in [0, 0.1) is 6.92 Å². The fraction of sp³-hybridized carbons (Fsp3) is 0.308. The van der Waals surface area contributed by atoms with Crippen LogP contribution < -0.4 is 11.1 Å². The van der Waals surface area contributed by atoms with Crippen LogP contribution in [0.3, 0.4) is 0 Å². The van der Waals surface area contributed by atoms with Crippen molar-refractivity contribution in [3.63, 3.8) is 0 Å². The Labute approximate surface area is 129 Å². The third-order valence-electron chi connectivity index (χ3n) is 2.83. The van der Waals surface area contributed by atoms with Crippen molar-refractivity contribution in [1.82, 2.24) is 9.78 Å². The average Bonchev–Trinajstić information content (AvgIpc) is 2.62. The molecular weight excluding hydrogens is 372 g/mol. The molecule has 2 rings (SSSR count). The number of halogens is 2. The highest BCUT2D eigenvalue weighted by Gasteiger charge is 2.16. The average molecular weight is 388 g/mol. The summed E-state index contributed by atoms with van der Waals surface area (Å²) in [5, 5.41) is 7.82. The first kappa shape index (κ1) is 14.4. The van der Waals surface area contributed by atoms with E-state index in [9.17, 15) is 0 Å². The van der Waals surface area contributed by atoms with Crippen LogP contribution in [-0.2, 0) is 0 Å². The Kier molecular flexibility index (Phi) is 4.20. The zero-order chi connectivity index (χ0) is 14.2. The molecule has 19 heavy (non-hydrogen) atoms. The van der Waals surface area contributed by atoms with E-state index in [0.29, 0.717) is 5.69 Å². The summed E-state index contributed by atoms with van der Waals surface area (Å²) in [6.45, 7) is 6.06. The molecule has 0 unspecified atom stereocenters. The fourth-order valence-electron chi connectivity index (χ4n) is 1.79. The van der Waals surface area contributed by atoms with Crippen LogP contribution >= 0.6 is 31.9 Å². The second-order valence-electron chi connectivity index (χ2n) is 4.61. The molecule has 0 fully saturated rings. The molecule has 0 bridgehead atoms. The van der Waals surface area contributed by atoms with Gasteiger partial charge in [-0.3, -0.25) is 0 Å². The van der Waals surface area contributed by atoms with Gasteiger partial charge < -0.3 is 11.1 Å². The molecule has 0 aliphatic carbocycles. The number of hydrogen-bond donors (Lipinski definition) is 2. The lowest BCUT2D eigenvalue weighted by molar-refractivity contribution is 0.536. The lowest BCUT2D eigenvalue weighted by atomic mass is 10.3. The van der Waals surface area contributed by atoms with E-state index in [2.05, 4.69) is 56.1 Å². The molecule has 0 amide bonds. The number of benzene rings is 1. The Bertz CT molecular complexity index is 585. The Balaban J connectivity index is 2.49. The standard InChI is InChI=1S/C13H16Br2N4/c1-7(2)19-13(11(16)8(3)18-19)17-12-9(14)5-4-6-10(12)15/h4-7,17H,16H2,1-3H3. The van der Waals surface area contributed by atoms with Crippen molar-refractivity contribution in [1.29, 1.82) is 0 Å². The van der Waals surface area contributed by atoms with Gasteiger partial charge in [-0.2, -0.15) is 5.10 Å². The first-order valence-corrected chi connectivity index (χ1v) is 7.56. The van der Waals surface area contributed by atoms with E-state index in [4.69, 9.17) is 5.73 Å². The van der Waals surface area contributed by atoms with Gasteiger partial charge in [-0.15, -0.1) is 0 Å². The van der Waals surface area contributed by atoms with E-state index in [1.807, 2.05) is 29.8 Å². The fourth-order valence-corrected chi connectivity index (χ4v) is 2.99. The highest BCUT2D eigenvalue weighted by Crippen LogP contribution is 2.36. The first-order chi connectivity index (χ1) is 8.91. The van der Waals surface area contributed by atoms with Gasteiger partial charge in [0.1, 0.15) is 0 Å². The van der Waals surface area contributed by atoms with Gasteiger partial charge in [0, 0.05) is 15.0 Å². The lowest BCUT2D eigenvalue weighted by Crippen LogP contribution is -2.08. The second-order valence-corrected chi connectivity index (χ2v) is 6.32. The van der Waals surface area contributed by atoms with Crippen molar-refractivity contribution < 1.29 is 0 Å². The Hall–Kier alpha value is -1.01. The van der Waals surface area contributed by atoms with Gasteiger partial charge in [-0.25, -0.2) is 4.68 Å². The number of aromatic nitrogens is 2. The number of nitrogens with one attached hydrogen (secondary N) is 1. The van der Waals surface area contributed by atoms with Crippen molar-refractivity contribution in [3.8, 4) is 0 Å². The molecule has 6 heteroatoms. The zero-order valence-electron chi connectivity index (χ0n) is 11.0. The van der Waals surface area contributed by atoms with E-state index in [0.717, 1.165) is 26.1 Å². The molecule has 2 aromatic rings. The van der Waals surface area contributed by atoms with Crippen molar-refractivity contribution in [2.75, 3.05) is 11.1 Å². The summed E-state index contributed by atoms with van der Waals surface area (Å²) in [5.74, 6) is 0.820. The molecule has 0 aliphatic rings. The van der Waals surface area contributed by atoms with Crippen molar-refractivity contribution >= 4 is 49.1 Å². The number of para-hydroxylation sites is 1. The van der Waals surface area contributed by atoms with Gasteiger partial charge in [0.05, 0.1) is 17.1 Å². The molecule has 1 heterocycles. The quantitative estimate of drug-likeness (QED) is 0.807. The third kappa shape index (κ3) is 2.79. The molecule has 1 aromatic carbocycles. The minimum atomic E-state index is 0.236. The Morgan fingerprint density at radius 2 is 1.84 bits per heavy atom. The normalized spacial score (nSPS) is 11.1. The van der Waals surface area contributed by atoms with E-state index in [-0.39, 0.29) is 6.04 Å². The van der Waals surface area contributed by atoms with Gasteiger partial charge >= 0.3 is 0 Å². The highest BCUT2D eigenvalue weighted by molar-refractivity contribution is 9.11. The van der Waals surface area contributed by atoms with Crippen LogP contribution in [0.15, 0.2) is 27.1 Å². The molecular formula is C13H16Br2N4. The third-order valence-corrected chi connectivity index (χ3v) is 4.15. The van der Waals surface area contributed by atoms with Crippen LogP contribution in [0.25, 0.3) is 0 Å². The van der Waals surface area contributed by atoms with Crippen molar-refractivity contribution in [3.05, 3.63) is 32.8 Å². The maximum absolute atomic E-state index is 6.11. The van der Waals surface area contributed by atoms with Crippen molar-refractivity contribution in [2.45, 2.75) is 26.8 Å². The summed E-state index contributed by atoms with van der Waals surface area (Å²) in [5.41, 5.74) is 8.56. The topological polar surface area (TPSA) is 55.9 Å². The number of nitrogens with zero attached hydrogens (tertiary/aromatic N) is 2. The van der Waals surface area contributed by atoms with Crippen molar-refractivity contribution in [2.24, 2.45) is 0 Å². The highest BCUT2D eigenvalue weighted by atomic mass is 79.9. The predicted molar refractivity (Wildman–Crippen MR) is 86.9 cm³/mol. The molecule has 0 spiro atoms. The van der Waals surface area contributed by atoms with E-state index < -0.39 is 0 Å². The van der Waals surface area contributed by atoms with Gasteiger partial charge in [0.15, 0.2) is 5.82 Å². The molecule has 102 valence electrons. The van der Waals surface area contributed by atoms with Gasteiger partial charge in [0.25, 0.3) is 0 Å². The number of anilines is 3. The lowest BCUT2D eigenvalue weighted by Gasteiger charge is -2.15. The molecule has 1 aromatic heterocycles. The van der Waals surface area contributed by atoms with Crippen LogP contribution in [0.2, 0.25) is 0 Å². The van der Waals surface area contributed by atoms with Crippen LogP contribution in [-0.4, -0.2) is 9.78 Å². The summed E-state index contributed by atoms with van der Waals surface area (Å²) in [6.07, 6.45) is 0. The van der Waals surface area contributed by atoms with Gasteiger partial charge in [-0.05, 0) is 64.8 Å². The van der Waals surface area contributed by atoms with Crippen LogP contribution in [0.5, 0.6) is 0 Å². The number of nitrogens with two attached hydrogens (primary N) is 1. The zero-order valence-corrected chi connectivity index (χ0v) is 14.2. The Morgan fingerprint density at radius 1 is 1.26 bits per heavy atom. The first-order valence-electron chi connectivity index (χ1n) is 5.97. The summed E-state index contributed by atoms with van der Waals surface area (Å²) in [7, 11) is 0. The summed E-state index contributed by atoms with van der Waals surface area (Å²) >= 11 is 7.07. The molecule has 0 atom stereocenters. The molecule has 0 aliphatic heterocycles. The molecule has 3 N–H and O–H groups in total. The minimum absolute atomic E-state index is 0.236. The number of aryl methyl sites for hydroxylation is 1. The maximum Gasteiger partial charge on any atom is 0.152 e. The smallest absolute Gasteiger partial charge is 0.152 e. The summed E-state index contributed by atoms with van der Waals surface area (Å²) < 4.78 is 3.84. The number of hydrogen-bond acceptors (Lipinski definition) is 3. The van der Waals surface area contributed by atoms with Gasteiger partial charge in [0.2, 0.25) is 0 Å². The van der Waals surface area contributed by atoms with Crippen LogP contribution in [0.1, 0.15) is 25.6 Å².